The first kappa shape index (κ1) is 16.4. The average molecular weight is 330 g/mol. The van der Waals surface area contributed by atoms with Gasteiger partial charge >= 0.3 is 0 Å². The molecule has 0 aliphatic carbocycles. The van der Waals surface area contributed by atoms with E-state index in [1.165, 1.54) is 12.1 Å². The van der Waals surface area contributed by atoms with E-state index in [1.54, 1.807) is 18.3 Å². The molecule has 1 amide bonds. The second kappa shape index (κ2) is 7.88. The molecule has 0 radical (unpaired) electrons. The van der Waals surface area contributed by atoms with Gasteiger partial charge in [-0.05, 0) is 30.7 Å². The molecule has 1 aromatic carbocycles. The highest BCUT2D eigenvalue weighted by molar-refractivity contribution is 5.78. The van der Waals surface area contributed by atoms with E-state index in [0.717, 1.165) is 0 Å². The Bertz CT molecular complexity index is 681. The fraction of sp³-hybridized carbons (Fsp3) is 0.333. The van der Waals surface area contributed by atoms with Crippen LogP contribution in [0.25, 0.3) is 0 Å². The largest absolute Gasteiger partial charge is 0.486 e. The molecule has 1 aliphatic rings. The van der Waals surface area contributed by atoms with Gasteiger partial charge < -0.3 is 14.8 Å². The maximum atomic E-state index is 13.3. The molecular weight excluding hydrogens is 311 g/mol. The maximum absolute atomic E-state index is 13.3. The first-order valence-electron chi connectivity index (χ1n) is 7.90. The second-order valence-corrected chi connectivity index (χ2v) is 5.65. The van der Waals surface area contributed by atoms with Crippen LogP contribution in [0.2, 0.25) is 0 Å². The van der Waals surface area contributed by atoms with Crippen molar-refractivity contribution in [3.05, 3.63) is 60.2 Å². The summed E-state index contributed by atoms with van der Waals surface area (Å²) in [6.07, 6.45) is 2.17. The van der Waals surface area contributed by atoms with Crippen LogP contribution in [-0.2, 0) is 16.0 Å². The predicted molar refractivity (Wildman–Crippen MR) is 86.1 cm³/mol. The zero-order valence-electron chi connectivity index (χ0n) is 13.2. The van der Waals surface area contributed by atoms with Crippen molar-refractivity contribution in [3.8, 4) is 5.75 Å². The van der Waals surface area contributed by atoms with Crippen LogP contribution in [0.1, 0.15) is 12.1 Å². The van der Waals surface area contributed by atoms with Gasteiger partial charge in [-0.15, -0.1) is 0 Å². The molecule has 1 aliphatic heterocycles. The van der Waals surface area contributed by atoms with Gasteiger partial charge in [-0.1, -0.05) is 12.1 Å². The van der Waals surface area contributed by atoms with Gasteiger partial charge in [0.05, 0.1) is 19.1 Å². The first-order chi connectivity index (χ1) is 11.7. The third-order valence-electron chi connectivity index (χ3n) is 3.80. The van der Waals surface area contributed by atoms with Crippen LogP contribution in [0.5, 0.6) is 5.75 Å². The van der Waals surface area contributed by atoms with Crippen LogP contribution in [0.3, 0.4) is 0 Å². The zero-order valence-corrected chi connectivity index (χ0v) is 13.2. The van der Waals surface area contributed by atoms with Gasteiger partial charge in [-0.2, -0.15) is 0 Å². The zero-order chi connectivity index (χ0) is 16.8. The van der Waals surface area contributed by atoms with Crippen molar-refractivity contribution in [2.24, 2.45) is 0 Å². The van der Waals surface area contributed by atoms with Crippen molar-refractivity contribution in [2.45, 2.75) is 25.0 Å². The van der Waals surface area contributed by atoms with Crippen molar-refractivity contribution >= 4 is 5.91 Å². The molecule has 2 heterocycles. The summed E-state index contributed by atoms with van der Waals surface area (Å²) in [5.41, 5.74) is 0.713. The lowest BCUT2D eigenvalue weighted by molar-refractivity contribution is -0.123. The number of pyridine rings is 1. The second-order valence-electron chi connectivity index (χ2n) is 5.65. The number of halogens is 1. The van der Waals surface area contributed by atoms with E-state index in [0.29, 0.717) is 31.1 Å². The number of nitrogens with zero attached hydrogens (tertiary/aromatic N) is 1. The lowest BCUT2D eigenvalue weighted by Gasteiger charge is -2.32. The Kier molecular flexibility index (Phi) is 5.38. The minimum Gasteiger partial charge on any atom is -0.486 e. The SMILES string of the molecule is O=C(Cc1ccccn1)N[C@@H]1CCOC[C@H]1Oc1cccc(F)c1. The Morgan fingerprint density at radius 1 is 1.33 bits per heavy atom. The minimum absolute atomic E-state index is 0.117. The van der Waals surface area contributed by atoms with E-state index in [1.807, 2.05) is 18.2 Å². The Hall–Kier alpha value is -2.47. The molecule has 1 fully saturated rings. The third kappa shape index (κ3) is 4.52. The summed E-state index contributed by atoms with van der Waals surface area (Å²) in [6.45, 7) is 0.905. The van der Waals surface area contributed by atoms with Crippen LogP contribution in [0.4, 0.5) is 4.39 Å². The number of nitrogens with one attached hydrogen (secondary N) is 1. The van der Waals surface area contributed by atoms with Crippen LogP contribution in [0, 0.1) is 5.82 Å². The Morgan fingerprint density at radius 3 is 3.04 bits per heavy atom. The molecule has 5 nitrogen and oxygen atoms in total. The number of ether oxygens (including phenoxy) is 2. The van der Waals surface area contributed by atoms with E-state index in [9.17, 15) is 9.18 Å². The summed E-state index contributed by atoms with van der Waals surface area (Å²) in [4.78, 5) is 16.4. The van der Waals surface area contributed by atoms with E-state index < -0.39 is 0 Å². The summed E-state index contributed by atoms with van der Waals surface area (Å²) in [6, 6.07) is 11.2. The first-order valence-corrected chi connectivity index (χ1v) is 7.90. The standard InChI is InChI=1S/C18H19FN2O3/c19-13-4-3-6-15(10-13)24-17-12-23-9-7-16(17)21-18(22)11-14-5-1-2-8-20-14/h1-6,8,10,16-17H,7,9,11-12H2,(H,21,22)/t16-,17-/m1/s1. The predicted octanol–water partition coefficient (Wildman–Crippen LogP) is 2.12. The van der Waals surface area contributed by atoms with Gasteiger partial charge in [0.2, 0.25) is 5.91 Å². The molecule has 0 bridgehead atoms. The van der Waals surface area contributed by atoms with Crippen LogP contribution < -0.4 is 10.1 Å². The Balaban J connectivity index is 1.60. The molecule has 24 heavy (non-hydrogen) atoms. The van der Waals surface area contributed by atoms with E-state index >= 15 is 0 Å². The normalized spacial score (nSPS) is 20.4. The summed E-state index contributed by atoms with van der Waals surface area (Å²) >= 11 is 0. The minimum atomic E-state index is -0.361. The molecule has 1 aromatic heterocycles. The van der Waals surface area contributed by atoms with Crippen molar-refractivity contribution in [2.75, 3.05) is 13.2 Å². The highest BCUT2D eigenvalue weighted by atomic mass is 19.1. The van der Waals surface area contributed by atoms with Gasteiger partial charge in [0, 0.05) is 24.6 Å². The van der Waals surface area contributed by atoms with Crippen molar-refractivity contribution in [3.63, 3.8) is 0 Å². The van der Waals surface area contributed by atoms with Crippen LogP contribution in [-0.4, -0.2) is 36.3 Å². The number of benzene rings is 1. The maximum Gasteiger partial charge on any atom is 0.226 e. The monoisotopic (exact) mass is 330 g/mol. The molecule has 6 heteroatoms. The van der Waals surface area contributed by atoms with E-state index in [4.69, 9.17) is 9.47 Å². The number of hydrogen-bond donors (Lipinski definition) is 1. The van der Waals surface area contributed by atoms with Crippen molar-refractivity contribution in [1.29, 1.82) is 0 Å². The number of aromatic nitrogens is 1. The van der Waals surface area contributed by atoms with Gasteiger partial charge in [-0.25, -0.2) is 4.39 Å². The van der Waals surface area contributed by atoms with Crippen LogP contribution in [0.15, 0.2) is 48.7 Å². The molecule has 2 aromatic rings. The summed E-state index contributed by atoms with van der Waals surface area (Å²) < 4.78 is 24.5. The molecular formula is C18H19FN2O3. The third-order valence-corrected chi connectivity index (χ3v) is 3.80. The molecule has 3 rings (SSSR count). The average Bonchev–Trinajstić information content (AvgIpc) is 2.57. The van der Waals surface area contributed by atoms with E-state index in [2.05, 4.69) is 10.3 Å². The smallest absolute Gasteiger partial charge is 0.226 e. The fourth-order valence-corrected chi connectivity index (χ4v) is 2.63. The number of rotatable bonds is 5. The number of amides is 1. The fourth-order valence-electron chi connectivity index (χ4n) is 2.63. The van der Waals surface area contributed by atoms with Crippen molar-refractivity contribution in [1.82, 2.24) is 10.3 Å². The molecule has 0 saturated carbocycles. The Morgan fingerprint density at radius 2 is 2.25 bits per heavy atom. The number of carbonyl (C=O) groups is 1. The van der Waals surface area contributed by atoms with Crippen molar-refractivity contribution < 1.29 is 18.7 Å². The van der Waals surface area contributed by atoms with E-state index in [-0.39, 0.29) is 30.3 Å². The molecule has 0 unspecified atom stereocenters. The van der Waals surface area contributed by atoms with Gasteiger partial charge in [0.25, 0.3) is 0 Å². The molecule has 1 saturated heterocycles. The van der Waals surface area contributed by atoms with Gasteiger partial charge in [0.15, 0.2) is 0 Å². The van der Waals surface area contributed by atoms with Crippen LogP contribution >= 0.6 is 0 Å². The lowest BCUT2D eigenvalue weighted by atomic mass is 10.1. The number of carbonyl (C=O) groups excluding carboxylic acids is 1. The van der Waals surface area contributed by atoms with Gasteiger partial charge in [0.1, 0.15) is 17.7 Å². The summed E-state index contributed by atoms with van der Waals surface area (Å²) in [7, 11) is 0. The lowest BCUT2D eigenvalue weighted by Crippen LogP contribution is -2.51. The highest BCUT2D eigenvalue weighted by Gasteiger charge is 2.29. The molecule has 1 N–H and O–H groups in total. The summed E-state index contributed by atoms with van der Waals surface area (Å²) in [5.74, 6) is -0.0529. The van der Waals surface area contributed by atoms with Gasteiger partial charge in [-0.3, -0.25) is 9.78 Å². The highest BCUT2D eigenvalue weighted by Crippen LogP contribution is 2.18. The Labute approximate surface area is 139 Å². The number of hydrogen-bond acceptors (Lipinski definition) is 4. The molecule has 126 valence electrons. The summed E-state index contributed by atoms with van der Waals surface area (Å²) in [5, 5.41) is 2.97. The quantitative estimate of drug-likeness (QED) is 0.912. The molecule has 0 spiro atoms. The topological polar surface area (TPSA) is 60.5 Å². The molecule has 2 atom stereocenters.